The van der Waals surface area contributed by atoms with E-state index in [0.717, 1.165) is 23.9 Å². The van der Waals surface area contributed by atoms with Crippen molar-refractivity contribution in [3.63, 3.8) is 0 Å². The number of fused-ring (bicyclic) bond motifs is 1. The zero-order chi connectivity index (χ0) is 14.8. The number of rotatable bonds is 4. The summed E-state index contributed by atoms with van der Waals surface area (Å²) in [6.45, 7) is 5.83. The number of ether oxygens (including phenoxy) is 1. The molecule has 1 aliphatic rings. The number of aromatic amines is 1. The van der Waals surface area contributed by atoms with E-state index in [1.54, 1.807) is 0 Å². The highest BCUT2D eigenvalue weighted by molar-refractivity contribution is 5.98. The van der Waals surface area contributed by atoms with Gasteiger partial charge in [-0.25, -0.2) is 0 Å². The molecule has 2 atom stereocenters. The minimum absolute atomic E-state index is 0.00694. The van der Waals surface area contributed by atoms with Crippen LogP contribution in [0.5, 0.6) is 0 Å². The van der Waals surface area contributed by atoms with Crippen LogP contribution in [0.3, 0.4) is 0 Å². The van der Waals surface area contributed by atoms with E-state index in [9.17, 15) is 4.79 Å². The largest absolute Gasteiger partial charge is 0.378 e. The van der Waals surface area contributed by atoms with Crippen molar-refractivity contribution in [2.75, 3.05) is 13.2 Å². The molecule has 1 aromatic carbocycles. The van der Waals surface area contributed by atoms with Gasteiger partial charge in [0.2, 0.25) is 0 Å². The third-order valence-corrected chi connectivity index (χ3v) is 4.26. The van der Waals surface area contributed by atoms with Crippen LogP contribution < -0.4 is 5.32 Å². The number of nitrogens with one attached hydrogen (secondary N) is 2. The van der Waals surface area contributed by atoms with Crippen molar-refractivity contribution in [2.45, 2.75) is 26.4 Å². The lowest BCUT2D eigenvalue weighted by atomic mass is 9.93. The van der Waals surface area contributed by atoms with Gasteiger partial charge >= 0.3 is 0 Å². The van der Waals surface area contributed by atoms with Gasteiger partial charge in [-0.3, -0.25) is 4.79 Å². The van der Waals surface area contributed by atoms with Crippen LogP contribution >= 0.6 is 0 Å². The number of amides is 1. The van der Waals surface area contributed by atoms with Crippen molar-refractivity contribution in [1.82, 2.24) is 10.3 Å². The fourth-order valence-electron chi connectivity index (χ4n) is 3.13. The van der Waals surface area contributed by atoms with Gasteiger partial charge in [-0.1, -0.05) is 13.8 Å². The molecule has 4 heteroatoms. The monoisotopic (exact) mass is 286 g/mol. The smallest absolute Gasteiger partial charge is 0.251 e. The molecule has 3 rings (SSSR count). The zero-order valence-electron chi connectivity index (χ0n) is 12.6. The maximum Gasteiger partial charge on any atom is 0.251 e. The fraction of sp³-hybridized carbons (Fsp3) is 0.471. The Bertz CT molecular complexity index is 633. The van der Waals surface area contributed by atoms with Crippen LogP contribution in [0.15, 0.2) is 30.5 Å². The number of H-pyrrole nitrogens is 1. The first kappa shape index (κ1) is 14.1. The Morgan fingerprint density at radius 3 is 3.10 bits per heavy atom. The van der Waals surface area contributed by atoms with E-state index in [-0.39, 0.29) is 12.0 Å². The molecule has 2 N–H and O–H groups in total. The highest BCUT2D eigenvalue weighted by Gasteiger charge is 2.30. The Hall–Kier alpha value is -1.81. The summed E-state index contributed by atoms with van der Waals surface area (Å²) < 4.78 is 5.76. The minimum Gasteiger partial charge on any atom is -0.378 e. The van der Waals surface area contributed by atoms with Gasteiger partial charge in [0.25, 0.3) is 5.91 Å². The average molecular weight is 286 g/mol. The summed E-state index contributed by atoms with van der Waals surface area (Å²) in [6.07, 6.45) is 3.17. The van der Waals surface area contributed by atoms with E-state index >= 15 is 0 Å². The molecule has 1 aliphatic heterocycles. The number of hydrogen-bond donors (Lipinski definition) is 2. The number of benzene rings is 1. The summed E-state index contributed by atoms with van der Waals surface area (Å²) in [6, 6.07) is 7.71. The molecule has 1 saturated heterocycles. The Kier molecular flexibility index (Phi) is 3.97. The third kappa shape index (κ3) is 2.95. The maximum absolute atomic E-state index is 12.3. The van der Waals surface area contributed by atoms with Crippen molar-refractivity contribution in [3.8, 4) is 0 Å². The van der Waals surface area contributed by atoms with Crippen LogP contribution in [-0.4, -0.2) is 30.1 Å². The molecule has 2 heterocycles. The molecule has 0 aliphatic carbocycles. The average Bonchev–Trinajstić information content (AvgIpc) is 3.12. The molecular weight excluding hydrogens is 264 g/mol. The van der Waals surface area contributed by atoms with Crippen molar-refractivity contribution < 1.29 is 9.53 Å². The second kappa shape index (κ2) is 5.90. The van der Waals surface area contributed by atoms with Crippen LogP contribution in [-0.2, 0) is 4.74 Å². The molecule has 2 unspecified atom stereocenters. The van der Waals surface area contributed by atoms with E-state index in [4.69, 9.17) is 4.74 Å². The van der Waals surface area contributed by atoms with Crippen LogP contribution in [0.2, 0.25) is 0 Å². The predicted molar refractivity (Wildman–Crippen MR) is 83.3 cm³/mol. The molecule has 1 aromatic heterocycles. The summed E-state index contributed by atoms with van der Waals surface area (Å²) in [4.78, 5) is 15.4. The second-order valence-corrected chi connectivity index (χ2v) is 6.12. The molecule has 2 aromatic rings. The zero-order valence-corrected chi connectivity index (χ0v) is 12.6. The molecule has 1 fully saturated rings. The Morgan fingerprint density at radius 1 is 1.43 bits per heavy atom. The topological polar surface area (TPSA) is 54.1 Å². The summed E-state index contributed by atoms with van der Waals surface area (Å²) in [7, 11) is 0. The Balaban J connectivity index is 1.63. The van der Waals surface area contributed by atoms with Gasteiger partial charge in [0, 0.05) is 41.7 Å². The van der Waals surface area contributed by atoms with Crippen molar-refractivity contribution in [1.29, 1.82) is 0 Å². The lowest BCUT2D eigenvalue weighted by Gasteiger charge is -2.22. The van der Waals surface area contributed by atoms with Gasteiger partial charge in [0.05, 0.1) is 6.10 Å². The summed E-state index contributed by atoms with van der Waals surface area (Å²) >= 11 is 0. The van der Waals surface area contributed by atoms with E-state index in [2.05, 4.69) is 24.1 Å². The molecular formula is C17H22N2O2. The van der Waals surface area contributed by atoms with Gasteiger partial charge in [0.1, 0.15) is 0 Å². The van der Waals surface area contributed by atoms with Crippen molar-refractivity contribution in [3.05, 3.63) is 36.0 Å². The molecule has 4 nitrogen and oxygen atoms in total. The molecule has 1 amide bonds. The molecule has 112 valence electrons. The number of carbonyl (C=O) groups excluding carboxylic acids is 1. The molecule has 0 bridgehead atoms. The Labute approximate surface area is 124 Å². The first-order valence-corrected chi connectivity index (χ1v) is 7.62. The van der Waals surface area contributed by atoms with Gasteiger partial charge in [-0.05, 0) is 36.6 Å². The Morgan fingerprint density at radius 2 is 2.29 bits per heavy atom. The number of carbonyl (C=O) groups is 1. The van der Waals surface area contributed by atoms with Gasteiger partial charge in [0.15, 0.2) is 0 Å². The lowest BCUT2D eigenvalue weighted by Crippen LogP contribution is -2.34. The van der Waals surface area contributed by atoms with Gasteiger partial charge in [-0.2, -0.15) is 0 Å². The number of hydrogen-bond acceptors (Lipinski definition) is 2. The maximum atomic E-state index is 12.3. The second-order valence-electron chi connectivity index (χ2n) is 6.12. The van der Waals surface area contributed by atoms with Gasteiger partial charge in [-0.15, -0.1) is 0 Å². The van der Waals surface area contributed by atoms with Gasteiger partial charge < -0.3 is 15.0 Å². The third-order valence-electron chi connectivity index (χ3n) is 4.26. The first-order chi connectivity index (χ1) is 10.1. The highest BCUT2D eigenvalue weighted by Crippen LogP contribution is 2.26. The minimum atomic E-state index is -0.00694. The highest BCUT2D eigenvalue weighted by atomic mass is 16.5. The van der Waals surface area contributed by atoms with Crippen LogP contribution in [0.1, 0.15) is 30.6 Å². The predicted octanol–water partition coefficient (Wildman–Crippen LogP) is 2.96. The van der Waals surface area contributed by atoms with Crippen molar-refractivity contribution >= 4 is 16.8 Å². The quantitative estimate of drug-likeness (QED) is 0.908. The molecule has 0 saturated carbocycles. The SMILES string of the molecule is CC(C)C1OCCC1CNC(=O)c1ccc2[nH]ccc2c1. The van der Waals surface area contributed by atoms with Crippen LogP contribution in [0, 0.1) is 11.8 Å². The normalized spacial score (nSPS) is 22.0. The van der Waals surface area contributed by atoms with Crippen LogP contribution in [0.25, 0.3) is 10.9 Å². The molecule has 0 radical (unpaired) electrons. The summed E-state index contributed by atoms with van der Waals surface area (Å²) in [5.41, 5.74) is 1.76. The molecule has 0 spiro atoms. The van der Waals surface area contributed by atoms with Crippen molar-refractivity contribution in [2.24, 2.45) is 11.8 Å². The summed E-state index contributed by atoms with van der Waals surface area (Å²) in [5, 5.41) is 4.12. The fourth-order valence-corrected chi connectivity index (χ4v) is 3.13. The van der Waals surface area contributed by atoms with E-state index in [1.165, 1.54) is 0 Å². The van der Waals surface area contributed by atoms with E-state index in [1.807, 2.05) is 30.5 Å². The summed E-state index contributed by atoms with van der Waals surface area (Å²) in [5.74, 6) is 0.906. The lowest BCUT2D eigenvalue weighted by molar-refractivity contribution is 0.0533. The van der Waals surface area contributed by atoms with E-state index < -0.39 is 0 Å². The first-order valence-electron chi connectivity index (χ1n) is 7.62. The molecule has 21 heavy (non-hydrogen) atoms. The standard InChI is InChI=1S/C17H22N2O2/c1-11(2)16-14(6-8-21-16)10-19-17(20)13-3-4-15-12(9-13)5-7-18-15/h3-5,7,9,11,14,16,18H,6,8,10H2,1-2H3,(H,19,20). The number of aromatic nitrogens is 1. The van der Waals surface area contributed by atoms with Crippen LogP contribution in [0.4, 0.5) is 0 Å². The van der Waals surface area contributed by atoms with E-state index in [0.29, 0.717) is 23.9 Å².